The lowest BCUT2D eigenvalue weighted by atomic mass is 10.1. The maximum Gasteiger partial charge on any atom is 0.186 e. The van der Waals surface area contributed by atoms with Gasteiger partial charge in [-0.3, -0.25) is 0 Å². The second-order valence-corrected chi connectivity index (χ2v) is 3.58. The van der Waals surface area contributed by atoms with E-state index in [9.17, 15) is 5.11 Å². The van der Waals surface area contributed by atoms with Crippen molar-refractivity contribution in [3.8, 4) is 0 Å². The van der Waals surface area contributed by atoms with Crippen molar-refractivity contribution in [1.82, 2.24) is 0 Å². The fourth-order valence-electron chi connectivity index (χ4n) is 0.998. The van der Waals surface area contributed by atoms with Crippen molar-refractivity contribution in [1.29, 1.82) is 0 Å². The van der Waals surface area contributed by atoms with Crippen molar-refractivity contribution < 1.29 is 14.6 Å². The minimum absolute atomic E-state index is 0.134. The van der Waals surface area contributed by atoms with Crippen LogP contribution in [0.3, 0.4) is 0 Å². The summed E-state index contributed by atoms with van der Waals surface area (Å²) in [6.45, 7) is 6.53. The van der Waals surface area contributed by atoms with Crippen LogP contribution >= 0.6 is 0 Å². The number of rotatable bonds is 1. The van der Waals surface area contributed by atoms with Gasteiger partial charge >= 0.3 is 0 Å². The Hall–Kier alpha value is -0.120. The van der Waals surface area contributed by atoms with Crippen LogP contribution in [0, 0.1) is 5.92 Å². The van der Waals surface area contributed by atoms with E-state index in [2.05, 4.69) is 13.8 Å². The fraction of sp³-hybridized carbons (Fsp3) is 1.00. The van der Waals surface area contributed by atoms with Gasteiger partial charge in [0.1, 0.15) is 6.61 Å². The largest absolute Gasteiger partial charge is 0.370 e. The normalized spacial score (nSPS) is 39.5. The minimum Gasteiger partial charge on any atom is -0.370 e. The van der Waals surface area contributed by atoms with E-state index < -0.39 is 5.79 Å². The van der Waals surface area contributed by atoms with Crippen LogP contribution in [0.25, 0.3) is 0 Å². The highest BCUT2D eigenvalue weighted by atomic mass is 16.7. The molecule has 0 saturated carbocycles. The van der Waals surface area contributed by atoms with Gasteiger partial charge < -0.3 is 14.6 Å². The molecule has 1 aliphatic heterocycles. The summed E-state index contributed by atoms with van der Waals surface area (Å²) in [7, 11) is 0. The van der Waals surface area contributed by atoms with Gasteiger partial charge in [0.2, 0.25) is 0 Å². The topological polar surface area (TPSA) is 38.7 Å². The molecule has 0 aromatic rings. The van der Waals surface area contributed by atoms with Gasteiger partial charge in [-0.1, -0.05) is 13.8 Å². The molecule has 0 aromatic heterocycles. The predicted molar refractivity (Wildman–Crippen MR) is 41.2 cm³/mol. The molecule has 11 heavy (non-hydrogen) atoms. The van der Waals surface area contributed by atoms with Crippen LogP contribution in [0.2, 0.25) is 0 Å². The van der Waals surface area contributed by atoms with Crippen LogP contribution < -0.4 is 0 Å². The molecular formula is C8H16O3. The van der Waals surface area contributed by atoms with E-state index in [0.29, 0.717) is 12.5 Å². The smallest absolute Gasteiger partial charge is 0.186 e. The molecule has 66 valence electrons. The second-order valence-electron chi connectivity index (χ2n) is 3.58. The lowest BCUT2D eigenvalue weighted by molar-refractivity contribution is -0.283. The zero-order valence-corrected chi connectivity index (χ0v) is 7.33. The van der Waals surface area contributed by atoms with E-state index in [-0.39, 0.29) is 12.7 Å². The predicted octanol–water partition coefficient (Wildman–Crippen LogP) is 0.766. The van der Waals surface area contributed by atoms with Crippen LogP contribution in [0.4, 0.5) is 0 Å². The highest BCUT2D eigenvalue weighted by Crippen LogP contribution is 2.19. The van der Waals surface area contributed by atoms with Gasteiger partial charge in [0.05, 0.1) is 12.7 Å². The molecule has 3 nitrogen and oxygen atoms in total. The first kappa shape index (κ1) is 8.97. The molecule has 2 atom stereocenters. The quantitative estimate of drug-likeness (QED) is 0.615. The average molecular weight is 160 g/mol. The summed E-state index contributed by atoms with van der Waals surface area (Å²) in [5, 5.41) is 9.33. The van der Waals surface area contributed by atoms with Crippen molar-refractivity contribution in [2.24, 2.45) is 5.92 Å². The third-order valence-corrected chi connectivity index (χ3v) is 1.87. The number of hydrogen-bond acceptors (Lipinski definition) is 3. The van der Waals surface area contributed by atoms with Gasteiger partial charge in [-0.15, -0.1) is 0 Å². The van der Waals surface area contributed by atoms with Gasteiger partial charge in [-0.2, -0.15) is 0 Å². The fourth-order valence-corrected chi connectivity index (χ4v) is 0.998. The third-order valence-electron chi connectivity index (χ3n) is 1.87. The van der Waals surface area contributed by atoms with E-state index in [4.69, 9.17) is 9.47 Å². The molecule has 1 aliphatic rings. The molecule has 0 spiro atoms. The van der Waals surface area contributed by atoms with Crippen LogP contribution in [0.5, 0.6) is 0 Å². The first-order valence-electron chi connectivity index (χ1n) is 3.99. The Kier molecular flexibility index (Phi) is 2.52. The lowest BCUT2D eigenvalue weighted by Gasteiger charge is -2.35. The van der Waals surface area contributed by atoms with Crippen molar-refractivity contribution in [3.63, 3.8) is 0 Å². The molecule has 0 radical (unpaired) electrons. The first-order chi connectivity index (χ1) is 5.01. The molecule has 0 aliphatic carbocycles. The average Bonchev–Trinajstić information content (AvgIpc) is 1.86. The monoisotopic (exact) mass is 160 g/mol. The highest BCUT2D eigenvalue weighted by molar-refractivity contribution is 4.71. The Labute approximate surface area is 67.3 Å². The molecule has 0 amide bonds. The summed E-state index contributed by atoms with van der Waals surface area (Å²) in [4.78, 5) is 0. The van der Waals surface area contributed by atoms with Crippen molar-refractivity contribution in [3.05, 3.63) is 0 Å². The summed E-state index contributed by atoms with van der Waals surface area (Å²) in [5.41, 5.74) is 0. The zero-order valence-electron chi connectivity index (χ0n) is 7.33. The Balaban J connectivity index is 2.36. The van der Waals surface area contributed by atoms with Crippen LogP contribution in [-0.4, -0.2) is 30.2 Å². The van der Waals surface area contributed by atoms with Gasteiger partial charge in [-0.05, 0) is 12.8 Å². The Morgan fingerprint density at radius 1 is 1.55 bits per heavy atom. The van der Waals surface area contributed by atoms with Crippen molar-refractivity contribution in [2.45, 2.75) is 32.7 Å². The van der Waals surface area contributed by atoms with E-state index in [0.717, 1.165) is 0 Å². The van der Waals surface area contributed by atoms with Gasteiger partial charge in [0.15, 0.2) is 5.79 Å². The van der Waals surface area contributed by atoms with Gasteiger partial charge in [0.25, 0.3) is 0 Å². The highest BCUT2D eigenvalue weighted by Gasteiger charge is 2.31. The molecule has 3 heteroatoms. The SMILES string of the molecule is CC(C)C1CO[C@@](C)(O)CO1. The first-order valence-corrected chi connectivity index (χ1v) is 3.99. The van der Waals surface area contributed by atoms with Crippen LogP contribution in [0.15, 0.2) is 0 Å². The zero-order chi connectivity index (χ0) is 8.48. The van der Waals surface area contributed by atoms with E-state index in [1.807, 2.05) is 0 Å². The molecule has 1 saturated heterocycles. The summed E-state index contributed by atoms with van der Waals surface area (Å²) in [6, 6.07) is 0. The summed E-state index contributed by atoms with van der Waals surface area (Å²) < 4.78 is 10.5. The Morgan fingerprint density at radius 3 is 2.55 bits per heavy atom. The van der Waals surface area contributed by atoms with E-state index >= 15 is 0 Å². The Morgan fingerprint density at radius 2 is 2.18 bits per heavy atom. The molecule has 1 unspecified atom stereocenters. The maximum absolute atomic E-state index is 9.33. The van der Waals surface area contributed by atoms with E-state index in [1.165, 1.54) is 0 Å². The standard InChI is InChI=1S/C8H16O3/c1-6(2)7-4-11-8(3,9)5-10-7/h6-7,9H,4-5H2,1-3H3/t7?,8-/m1/s1. The minimum atomic E-state index is -1.08. The maximum atomic E-state index is 9.33. The van der Waals surface area contributed by atoms with Crippen molar-refractivity contribution >= 4 is 0 Å². The molecule has 0 aromatic carbocycles. The summed E-state index contributed by atoms with van der Waals surface area (Å²) in [6.07, 6.45) is 0.134. The molecule has 0 bridgehead atoms. The molecule has 1 rings (SSSR count). The second kappa shape index (κ2) is 3.09. The number of ether oxygens (including phenoxy) is 2. The summed E-state index contributed by atoms with van der Waals surface area (Å²) in [5.74, 6) is -0.628. The van der Waals surface area contributed by atoms with Crippen LogP contribution in [0.1, 0.15) is 20.8 Å². The lowest BCUT2D eigenvalue weighted by Crippen LogP contribution is -2.46. The van der Waals surface area contributed by atoms with Gasteiger partial charge in [-0.25, -0.2) is 0 Å². The number of hydrogen-bond donors (Lipinski definition) is 1. The summed E-state index contributed by atoms with van der Waals surface area (Å²) >= 11 is 0. The Bertz CT molecular complexity index is 121. The molecule has 1 heterocycles. The number of aliphatic hydroxyl groups is 1. The molecule has 1 N–H and O–H groups in total. The van der Waals surface area contributed by atoms with Gasteiger partial charge in [0, 0.05) is 0 Å². The third kappa shape index (κ3) is 2.43. The van der Waals surface area contributed by atoms with E-state index in [1.54, 1.807) is 6.92 Å². The molecule has 1 fully saturated rings. The molecular weight excluding hydrogens is 144 g/mol. The van der Waals surface area contributed by atoms with Crippen molar-refractivity contribution in [2.75, 3.05) is 13.2 Å². The van der Waals surface area contributed by atoms with Crippen LogP contribution in [-0.2, 0) is 9.47 Å².